The van der Waals surface area contributed by atoms with Crippen molar-refractivity contribution in [3.63, 3.8) is 0 Å². The van der Waals surface area contributed by atoms with Gasteiger partial charge < -0.3 is 10.1 Å². The molecule has 3 heteroatoms. The van der Waals surface area contributed by atoms with E-state index in [0.717, 1.165) is 18.9 Å². The first-order valence-corrected chi connectivity index (χ1v) is 4.61. The van der Waals surface area contributed by atoms with E-state index in [0.29, 0.717) is 12.1 Å². The van der Waals surface area contributed by atoms with Crippen LogP contribution in [0.4, 0.5) is 0 Å². The zero-order chi connectivity index (χ0) is 9.10. The van der Waals surface area contributed by atoms with Gasteiger partial charge in [-0.3, -0.25) is 4.98 Å². The number of nitrogens with one attached hydrogen (secondary N) is 1. The Morgan fingerprint density at radius 1 is 1.54 bits per heavy atom. The minimum absolute atomic E-state index is 0.315. The maximum atomic E-state index is 5.09. The van der Waals surface area contributed by atoms with Crippen LogP contribution in [0.3, 0.4) is 0 Å². The number of nitrogens with zero attached hydrogens (tertiary/aromatic N) is 1. The Hall–Kier alpha value is -0.930. The fourth-order valence-electron chi connectivity index (χ4n) is 1.40. The topological polar surface area (TPSA) is 34.1 Å². The summed E-state index contributed by atoms with van der Waals surface area (Å²) in [5.74, 6) is 0. The maximum Gasteiger partial charge on any atom is 0.0643 e. The van der Waals surface area contributed by atoms with E-state index in [1.165, 1.54) is 0 Å². The van der Waals surface area contributed by atoms with Gasteiger partial charge in [-0.15, -0.1) is 0 Å². The fraction of sp³-hybridized carbons (Fsp3) is 0.500. The third kappa shape index (κ3) is 2.05. The average molecular weight is 178 g/mol. The van der Waals surface area contributed by atoms with Crippen LogP contribution in [0.5, 0.6) is 0 Å². The standard InChI is InChI=1S/C10H14N2O/c1-8(12-9-6-13-7-9)10-4-2-3-5-11-10/h2-5,8-9,12H,6-7H2,1H3/t8-/m1/s1. The highest BCUT2D eigenvalue weighted by Gasteiger charge is 2.20. The van der Waals surface area contributed by atoms with E-state index in [1.54, 1.807) is 0 Å². The van der Waals surface area contributed by atoms with Crippen molar-refractivity contribution in [1.82, 2.24) is 10.3 Å². The van der Waals surface area contributed by atoms with Gasteiger partial charge in [0.1, 0.15) is 0 Å². The quantitative estimate of drug-likeness (QED) is 0.753. The molecule has 0 aromatic carbocycles. The number of ether oxygens (including phenoxy) is 1. The molecule has 13 heavy (non-hydrogen) atoms. The zero-order valence-electron chi connectivity index (χ0n) is 7.73. The molecule has 0 bridgehead atoms. The Kier molecular flexibility index (Phi) is 2.57. The van der Waals surface area contributed by atoms with Gasteiger partial charge in [0, 0.05) is 12.2 Å². The van der Waals surface area contributed by atoms with Crippen molar-refractivity contribution in [3.8, 4) is 0 Å². The van der Waals surface area contributed by atoms with Crippen LogP contribution in [-0.2, 0) is 4.74 Å². The monoisotopic (exact) mass is 178 g/mol. The van der Waals surface area contributed by atoms with Gasteiger partial charge in [-0.05, 0) is 19.1 Å². The van der Waals surface area contributed by atoms with E-state index in [4.69, 9.17) is 4.74 Å². The summed E-state index contributed by atoms with van der Waals surface area (Å²) >= 11 is 0. The Morgan fingerprint density at radius 2 is 2.38 bits per heavy atom. The molecule has 3 nitrogen and oxygen atoms in total. The summed E-state index contributed by atoms with van der Waals surface area (Å²) in [4.78, 5) is 4.29. The summed E-state index contributed by atoms with van der Waals surface area (Å²) < 4.78 is 5.09. The molecule has 0 spiro atoms. The van der Waals surface area contributed by atoms with Crippen molar-refractivity contribution in [2.24, 2.45) is 0 Å². The molecule has 1 aromatic rings. The van der Waals surface area contributed by atoms with Crippen LogP contribution in [0.2, 0.25) is 0 Å². The summed E-state index contributed by atoms with van der Waals surface area (Å²) in [6.07, 6.45) is 1.82. The summed E-state index contributed by atoms with van der Waals surface area (Å²) in [7, 11) is 0. The van der Waals surface area contributed by atoms with Gasteiger partial charge in [-0.2, -0.15) is 0 Å². The fourth-order valence-corrected chi connectivity index (χ4v) is 1.40. The minimum atomic E-state index is 0.315. The van der Waals surface area contributed by atoms with Gasteiger partial charge >= 0.3 is 0 Å². The SMILES string of the molecule is C[C@@H](NC1COC1)c1ccccn1. The third-order valence-electron chi connectivity index (χ3n) is 2.26. The molecule has 70 valence electrons. The highest BCUT2D eigenvalue weighted by molar-refractivity contribution is 5.08. The molecule has 0 unspecified atom stereocenters. The number of aromatic nitrogens is 1. The van der Waals surface area contributed by atoms with Gasteiger partial charge in [0.15, 0.2) is 0 Å². The average Bonchev–Trinajstić information content (AvgIpc) is 2.12. The first-order chi connectivity index (χ1) is 6.36. The molecule has 2 heterocycles. The second-order valence-electron chi connectivity index (χ2n) is 3.38. The molecule has 1 saturated heterocycles. The van der Waals surface area contributed by atoms with Crippen molar-refractivity contribution in [3.05, 3.63) is 30.1 Å². The van der Waals surface area contributed by atoms with Crippen molar-refractivity contribution >= 4 is 0 Å². The largest absolute Gasteiger partial charge is 0.378 e. The number of hydrogen-bond acceptors (Lipinski definition) is 3. The highest BCUT2D eigenvalue weighted by Crippen LogP contribution is 2.11. The van der Waals surface area contributed by atoms with Gasteiger partial charge in [0.2, 0.25) is 0 Å². The molecule has 1 N–H and O–H groups in total. The molecule has 0 amide bonds. The Balaban J connectivity index is 1.92. The lowest BCUT2D eigenvalue weighted by Gasteiger charge is -2.29. The van der Waals surface area contributed by atoms with Crippen LogP contribution in [0, 0.1) is 0 Å². The van der Waals surface area contributed by atoms with Gasteiger partial charge in [0.05, 0.1) is 24.9 Å². The highest BCUT2D eigenvalue weighted by atomic mass is 16.5. The summed E-state index contributed by atoms with van der Waals surface area (Å²) in [6.45, 7) is 3.79. The van der Waals surface area contributed by atoms with Crippen LogP contribution in [0.1, 0.15) is 18.7 Å². The zero-order valence-corrected chi connectivity index (χ0v) is 7.73. The number of pyridine rings is 1. The molecule has 2 rings (SSSR count). The Bertz CT molecular complexity index is 259. The summed E-state index contributed by atoms with van der Waals surface area (Å²) in [6, 6.07) is 6.81. The molecule has 1 atom stereocenters. The van der Waals surface area contributed by atoms with Crippen LogP contribution in [0.25, 0.3) is 0 Å². The van der Waals surface area contributed by atoms with E-state index in [-0.39, 0.29) is 0 Å². The predicted octanol–water partition coefficient (Wildman–Crippen LogP) is 1.13. The van der Waals surface area contributed by atoms with Crippen LogP contribution in [0.15, 0.2) is 24.4 Å². The second-order valence-corrected chi connectivity index (χ2v) is 3.38. The molecule has 1 aliphatic rings. The van der Waals surface area contributed by atoms with Crippen LogP contribution < -0.4 is 5.32 Å². The third-order valence-corrected chi connectivity index (χ3v) is 2.26. The lowest BCUT2D eigenvalue weighted by molar-refractivity contribution is -0.00943. The summed E-state index contributed by atoms with van der Waals surface area (Å²) in [5.41, 5.74) is 1.09. The maximum absolute atomic E-state index is 5.09. The molecular formula is C10H14N2O. The molecular weight excluding hydrogens is 164 g/mol. The van der Waals surface area contributed by atoms with E-state index < -0.39 is 0 Å². The lowest BCUT2D eigenvalue weighted by atomic mass is 10.1. The van der Waals surface area contributed by atoms with Crippen LogP contribution in [-0.4, -0.2) is 24.2 Å². The van der Waals surface area contributed by atoms with Crippen molar-refractivity contribution in [2.75, 3.05) is 13.2 Å². The smallest absolute Gasteiger partial charge is 0.0643 e. The first kappa shape index (κ1) is 8.66. The van der Waals surface area contributed by atoms with Gasteiger partial charge in [-0.1, -0.05) is 6.07 Å². The van der Waals surface area contributed by atoms with E-state index in [9.17, 15) is 0 Å². The van der Waals surface area contributed by atoms with Crippen molar-refractivity contribution in [2.45, 2.75) is 19.0 Å². The number of hydrogen-bond donors (Lipinski definition) is 1. The molecule has 1 aromatic heterocycles. The molecule has 0 aliphatic carbocycles. The lowest BCUT2D eigenvalue weighted by Crippen LogP contribution is -2.46. The Labute approximate surface area is 78.1 Å². The van der Waals surface area contributed by atoms with E-state index >= 15 is 0 Å². The van der Waals surface area contributed by atoms with E-state index in [2.05, 4.69) is 17.2 Å². The second kappa shape index (κ2) is 3.85. The van der Waals surface area contributed by atoms with Gasteiger partial charge in [-0.25, -0.2) is 0 Å². The number of rotatable bonds is 3. The Morgan fingerprint density at radius 3 is 2.92 bits per heavy atom. The predicted molar refractivity (Wildman–Crippen MR) is 50.4 cm³/mol. The normalized spacial score (nSPS) is 19.5. The van der Waals surface area contributed by atoms with Crippen molar-refractivity contribution in [1.29, 1.82) is 0 Å². The molecule has 1 aliphatic heterocycles. The van der Waals surface area contributed by atoms with Crippen LogP contribution >= 0.6 is 0 Å². The minimum Gasteiger partial charge on any atom is -0.378 e. The summed E-state index contributed by atoms with van der Waals surface area (Å²) in [5, 5.41) is 3.45. The van der Waals surface area contributed by atoms with Crippen molar-refractivity contribution < 1.29 is 4.74 Å². The molecule has 1 fully saturated rings. The first-order valence-electron chi connectivity index (χ1n) is 4.61. The van der Waals surface area contributed by atoms with Gasteiger partial charge in [0.25, 0.3) is 0 Å². The molecule has 0 saturated carbocycles. The van der Waals surface area contributed by atoms with E-state index in [1.807, 2.05) is 24.4 Å². The molecule has 0 radical (unpaired) electrons.